The summed E-state index contributed by atoms with van der Waals surface area (Å²) in [7, 11) is 0. The Morgan fingerprint density at radius 3 is 2.44 bits per heavy atom. The molecule has 2 heteroatoms. The van der Waals surface area contributed by atoms with Crippen LogP contribution in [0.4, 0.5) is 0 Å². The van der Waals surface area contributed by atoms with Crippen molar-refractivity contribution >= 4 is 5.91 Å². The monoisotopic (exact) mass is 243 g/mol. The first-order chi connectivity index (χ1) is 8.78. The van der Waals surface area contributed by atoms with Crippen molar-refractivity contribution in [1.29, 1.82) is 0 Å². The van der Waals surface area contributed by atoms with E-state index in [1.54, 1.807) is 0 Å². The summed E-state index contributed by atoms with van der Waals surface area (Å²) in [6.45, 7) is 3.66. The Balaban J connectivity index is 1.63. The Hall–Kier alpha value is -1.31. The van der Waals surface area contributed by atoms with Crippen LogP contribution in [0, 0.1) is 17.8 Å². The molecule has 2 unspecified atom stereocenters. The lowest BCUT2D eigenvalue weighted by Gasteiger charge is -2.25. The number of amides is 1. The minimum atomic E-state index is 0.317. The second-order valence-electron chi connectivity index (χ2n) is 5.76. The summed E-state index contributed by atoms with van der Waals surface area (Å²) in [6.07, 6.45) is 3.68. The molecule has 0 radical (unpaired) electrons. The molecule has 2 aliphatic carbocycles. The van der Waals surface area contributed by atoms with Crippen molar-refractivity contribution in [2.75, 3.05) is 6.54 Å². The summed E-state index contributed by atoms with van der Waals surface area (Å²) in [5.74, 6) is 2.47. The van der Waals surface area contributed by atoms with Crippen molar-refractivity contribution in [3.05, 3.63) is 35.9 Å². The number of carbonyl (C=O) groups excluding carboxylic acids is 1. The minimum Gasteiger partial charge on any atom is -0.338 e. The van der Waals surface area contributed by atoms with Crippen molar-refractivity contribution in [2.24, 2.45) is 17.8 Å². The van der Waals surface area contributed by atoms with Crippen LogP contribution in [0.25, 0.3) is 0 Å². The van der Waals surface area contributed by atoms with Gasteiger partial charge in [0.05, 0.1) is 0 Å². The van der Waals surface area contributed by atoms with Gasteiger partial charge in [0.2, 0.25) is 5.91 Å². The summed E-state index contributed by atoms with van der Waals surface area (Å²) in [5, 5.41) is 0. The van der Waals surface area contributed by atoms with Crippen molar-refractivity contribution in [2.45, 2.75) is 32.7 Å². The molecule has 96 valence electrons. The number of nitrogens with zero attached hydrogens (tertiary/aromatic N) is 1. The van der Waals surface area contributed by atoms with Crippen LogP contribution in [0.2, 0.25) is 0 Å². The lowest BCUT2D eigenvalue weighted by atomic mass is 10.0. The van der Waals surface area contributed by atoms with Crippen LogP contribution < -0.4 is 0 Å². The second kappa shape index (κ2) is 4.75. The lowest BCUT2D eigenvalue weighted by Crippen LogP contribution is -2.35. The molecule has 1 amide bonds. The standard InChI is InChI=1S/C16H21NO/c1-2-17(11-12-6-4-3-5-7-12)16(18)15-9-13-8-14(13)10-15/h3-7,13-15H,2,8-11H2,1H3. The molecule has 2 nitrogen and oxygen atoms in total. The lowest BCUT2D eigenvalue weighted by molar-refractivity contribution is -0.136. The smallest absolute Gasteiger partial charge is 0.225 e. The van der Waals surface area contributed by atoms with Gasteiger partial charge in [-0.1, -0.05) is 30.3 Å². The minimum absolute atomic E-state index is 0.317. The van der Waals surface area contributed by atoms with Gasteiger partial charge in [-0.05, 0) is 43.6 Å². The molecule has 0 N–H and O–H groups in total. The molecule has 3 rings (SSSR count). The summed E-state index contributed by atoms with van der Waals surface area (Å²) in [6, 6.07) is 10.3. The predicted molar refractivity (Wildman–Crippen MR) is 71.9 cm³/mol. The van der Waals surface area contributed by atoms with Crippen molar-refractivity contribution < 1.29 is 4.79 Å². The van der Waals surface area contributed by atoms with E-state index in [-0.39, 0.29) is 0 Å². The highest BCUT2D eigenvalue weighted by molar-refractivity contribution is 5.79. The van der Waals surface area contributed by atoms with E-state index in [1.165, 1.54) is 12.0 Å². The van der Waals surface area contributed by atoms with Crippen LogP contribution in [0.3, 0.4) is 0 Å². The Morgan fingerprint density at radius 1 is 1.17 bits per heavy atom. The summed E-state index contributed by atoms with van der Waals surface area (Å²) in [5.41, 5.74) is 1.23. The normalized spacial score (nSPS) is 28.8. The molecule has 0 aliphatic heterocycles. The van der Waals surface area contributed by atoms with Crippen molar-refractivity contribution in [1.82, 2.24) is 4.90 Å². The van der Waals surface area contributed by atoms with Gasteiger partial charge in [0, 0.05) is 19.0 Å². The van der Waals surface area contributed by atoms with Gasteiger partial charge in [-0.25, -0.2) is 0 Å². The predicted octanol–water partition coefficient (Wildman–Crippen LogP) is 3.08. The zero-order valence-electron chi connectivity index (χ0n) is 11.0. The number of hydrogen-bond acceptors (Lipinski definition) is 1. The van der Waals surface area contributed by atoms with Crippen LogP contribution in [-0.2, 0) is 11.3 Å². The van der Waals surface area contributed by atoms with Gasteiger partial charge in [0.1, 0.15) is 0 Å². The zero-order chi connectivity index (χ0) is 12.5. The highest BCUT2D eigenvalue weighted by Crippen LogP contribution is 2.54. The second-order valence-corrected chi connectivity index (χ2v) is 5.76. The van der Waals surface area contributed by atoms with E-state index in [2.05, 4.69) is 19.1 Å². The summed E-state index contributed by atoms with van der Waals surface area (Å²) >= 11 is 0. The Morgan fingerprint density at radius 2 is 1.83 bits per heavy atom. The van der Waals surface area contributed by atoms with E-state index in [0.29, 0.717) is 11.8 Å². The Labute approximate surface area is 109 Å². The molecule has 2 atom stereocenters. The van der Waals surface area contributed by atoms with E-state index < -0.39 is 0 Å². The molecule has 2 saturated carbocycles. The van der Waals surface area contributed by atoms with Crippen LogP contribution >= 0.6 is 0 Å². The Bertz CT molecular complexity index is 418. The highest BCUT2D eigenvalue weighted by Gasteiger charge is 2.48. The molecule has 2 fully saturated rings. The fourth-order valence-electron chi connectivity index (χ4n) is 3.32. The van der Waals surface area contributed by atoms with Gasteiger partial charge >= 0.3 is 0 Å². The third kappa shape index (κ3) is 2.29. The number of fused-ring (bicyclic) bond motifs is 1. The number of carbonyl (C=O) groups is 1. The molecule has 0 aromatic heterocycles. The number of rotatable bonds is 4. The van der Waals surface area contributed by atoms with E-state index >= 15 is 0 Å². The third-order valence-corrected chi connectivity index (χ3v) is 4.50. The third-order valence-electron chi connectivity index (χ3n) is 4.50. The SMILES string of the molecule is CCN(Cc1ccccc1)C(=O)C1CC2CC2C1. The molecule has 1 aromatic carbocycles. The summed E-state index contributed by atoms with van der Waals surface area (Å²) < 4.78 is 0. The van der Waals surface area contributed by atoms with Gasteiger partial charge in [0.25, 0.3) is 0 Å². The first-order valence-electron chi connectivity index (χ1n) is 7.10. The fourth-order valence-corrected chi connectivity index (χ4v) is 3.32. The zero-order valence-corrected chi connectivity index (χ0v) is 11.0. The van der Waals surface area contributed by atoms with E-state index in [9.17, 15) is 4.79 Å². The van der Waals surface area contributed by atoms with Crippen molar-refractivity contribution in [3.63, 3.8) is 0 Å². The average molecular weight is 243 g/mol. The molecule has 0 bridgehead atoms. The number of benzene rings is 1. The van der Waals surface area contributed by atoms with Gasteiger partial charge < -0.3 is 4.90 Å². The highest BCUT2D eigenvalue weighted by atomic mass is 16.2. The van der Waals surface area contributed by atoms with Gasteiger partial charge in [-0.2, -0.15) is 0 Å². The first kappa shape index (κ1) is 11.8. The molecular formula is C16H21NO. The molecule has 0 saturated heterocycles. The summed E-state index contributed by atoms with van der Waals surface area (Å²) in [4.78, 5) is 14.5. The van der Waals surface area contributed by atoms with Crippen LogP contribution in [0.1, 0.15) is 31.7 Å². The first-order valence-corrected chi connectivity index (χ1v) is 7.10. The van der Waals surface area contributed by atoms with Gasteiger partial charge in [-0.3, -0.25) is 4.79 Å². The van der Waals surface area contributed by atoms with Gasteiger partial charge in [-0.15, -0.1) is 0 Å². The van der Waals surface area contributed by atoms with E-state index in [0.717, 1.165) is 37.8 Å². The van der Waals surface area contributed by atoms with E-state index in [1.807, 2.05) is 23.1 Å². The molecule has 18 heavy (non-hydrogen) atoms. The van der Waals surface area contributed by atoms with Crippen LogP contribution in [0.5, 0.6) is 0 Å². The fraction of sp³-hybridized carbons (Fsp3) is 0.562. The van der Waals surface area contributed by atoms with E-state index in [4.69, 9.17) is 0 Å². The molecular weight excluding hydrogens is 222 g/mol. The van der Waals surface area contributed by atoms with Crippen LogP contribution in [0.15, 0.2) is 30.3 Å². The molecule has 2 aliphatic rings. The Kier molecular flexibility index (Phi) is 3.11. The maximum absolute atomic E-state index is 12.5. The topological polar surface area (TPSA) is 20.3 Å². The maximum atomic E-state index is 12.5. The molecule has 0 spiro atoms. The average Bonchev–Trinajstić information content (AvgIpc) is 3.03. The molecule has 1 aromatic rings. The largest absolute Gasteiger partial charge is 0.338 e. The van der Waals surface area contributed by atoms with Gasteiger partial charge in [0.15, 0.2) is 0 Å². The molecule has 0 heterocycles. The quantitative estimate of drug-likeness (QED) is 0.796. The van der Waals surface area contributed by atoms with Crippen molar-refractivity contribution in [3.8, 4) is 0 Å². The maximum Gasteiger partial charge on any atom is 0.225 e. The van der Waals surface area contributed by atoms with Crippen LogP contribution in [-0.4, -0.2) is 17.4 Å². The number of hydrogen-bond donors (Lipinski definition) is 0.